The van der Waals surface area contributed by atoms with Crippen molar-refractivity contribution >= 4 is 50.7 Å². The number of hydrogen-bond donors (Lipinski definition) is 2. The van der Waals surface area contributed by atoms with Gasteiger partial charge in [-0.1, -0.05) is 30.3 Å². The van der Waals surface area contributed by atoms with Crippen LogP contribution in [0.2, 0.25) is 0 Å². The first kappa shape index (κ1) is 20.6. The average Bonchev–Trinajstić information content (AvgIpc) is 2.77. The second kappa shape index (κ2) is 9.01. The molecule has 156 valence electrons. The summed E-state index contributed by atoms with van der Waals surface area (Å²) in [7, 11) is 0. The first-order chi connectivity index (χ1) is 15.0. The number of rotatable bonds is 5. The van der Waals surface area contributed by atoms with Crippen LogP contribution in [0, 0.1) is 0 Å². The lowest BCUT2D eigenvalue weighted by Crippen LogP contribution is -2.43. The van der Waals surface area contributed by atoms with Crippen LogP contribution in [-0.2, 0) is 9.59 Å². The van der Waals surface area contributed by atoms with Gasteiger partial charge in [0.2, 0.25) is 5.91 Å². The summed E-state index contributed by atoms with van der Waals surface area (Å²) >= 11 is 3.36. The van der Waals surface area contributed by atoms with Gasteiger partial charge < -0.3 is 15.4 Å². The number of ether oxygens (including phenoxy) is 1. The summed E-state index contributed by atoms with van der Waals surface area (Å²) in [6.45, 7) is -0.333. The summed E-state index contributed by atoms with van der Waals surface area (Å²) in [4.78, 5) is 38.9. The van der Waals surface area contributed by atoms with E-state index in [1.807, 2.05) is 24.3 Å². The van der Waals surface area contributed by atoms with Gasteiger partial charge in [-0.3, -0.25) is 19.3 Å². The Labute approximate surface area is 187 Å². The minimum atomic E-state index is -0.343. The molecule has 0 saturated heterocycles. The molecule has 3 amide bonds. The molecule has 0 unspecified atom stereocenters. The van der Waals surface area contributed by atoms with Gasteiger partial charge in [-0.15, -0.1) is 0 Å². The highest BCUT2D eigenvalue weighted by Gasteiger charge is 2.28. The average molecular weight is 480 g/mol. The van der Waals surface area contributed by atoms with E-state index >= 15 is 0 Å². The first-order valence-electron chi connectivity index (χ1n) is 9.49. The maximum atomic E-state index is 12.6. The zero-order valence-corrected chi connectivity index (χ0v) is 17.9. The Morgan fingerprint density at radius 3 is 2.45 bits per heavy atom. The van der Waals surface area contributed by atoms with Crippen LogP contribution in [0.3, 0.4) is 0 Å². The summed E-state index contributed by atoms with van der Waals surface area (Å²) < 4.78 is 6.16. The highest BCUT2D eigenvalue weighted by molar-refractivity contribution is 9.10. The van der Waals surface area contributed by atoms with E-state index in [1.54, 1.807) is 48.5 Å². The molecule has 2 N–H and O–H groups in total. The Kier molecular flexibility index (Phi) is 5.99. The molecule has 0 bridgehead atoms. The first-order valence-corrected chi connectivity index (χ1v) is 10.3. The number of carbonyl (C=O) groups excluding carboxylic acids is 3. The molecule has 1 heterocycles. The highest BCUT2D eigenvalue weighted by atomic mass is 79.9. The normalized spacial score (nSPS) is 12.5. The lowest BCUT2D eigenvalue weighted by atomic mass is 10.1. The molecule has 0 spiro atoms. The molecule has 4 rings (SSSR count). The van der Waals surface area contributed by atoms with Gasteiger partial charge in [-0.2, -0.15) is 0 Å². The van der Waals surface area contributed by atoms with E-state index in [0.29, 0.717) is 32.8 Å². The van der Waals surface area contributed by atoms with Crippen molar-refractivity contribution in [2.45, 2.75) is 0 Å². The van der Waals surface area contributed by atoms with Crippen molar-refractivity contribution in [1.29, 1.82) is 0 Å². The topological polar surface area (TPSA) is 87.7 Å². The van der Waals surface area contributed by atoms with Crippen LogP contribution in [0.1, 0.15) is 10.4 Å². The van der Waals surface area contributed by atoms with Gasteiger partial charge in [0.05, 0.1) is 11.3 Å². The third-order valence-electron chi connectivity index (χ3n) is 4.64. The van der Waals surface area contributed by atoms with E-state index in [1.165, 1.54) is 4.90 Å². The number of halogens is 1. The fraction of sp³-hybridized carbons (Fsp3) is 0.0870. The molecule has 3 aromatic rings. The van der Waals surface area contributed by atoms with Crippen molar-refractivity contribution in [3.8, 4) is 5.75 Å². The molecule has 3 aromatic carbocycles. The smallest absolute Gasteiger partial charge is 0.265 e. The molecule has 0 saturated carbocycles. The van der Waals surface area contributed by atoms with Crippen LogP contribution in [0.25, 0.3) is 0 Å². The van der Waals surface area contributed by atoms with Crippen LogP contribution in [-0.4, -0.2) is 30.9 Å². The molecule has 0 radical (unpaired) electrons. The van der Waals surface area contributed by atoms with Crippen molar-refractivity contribution < 1.29 is 19.1 Å². The third-order valence-corrected chi connectivity index (χ3v) is 5.33. The number of carbonyl (C=O) groups is 3. The quantitative estimate of drug-likeness (QED) is 0.577. The zero-order chi connectivity index (χ0) is 21.8. The van der Waals surface area contributed by atoms with E-state index in [9.17, 15) is 14.4 Å². The van der Waals surface area contributed by atoms with Crippen molar-refractivity contribution in [2.75, 3.05) is 28.7 Å². The van der Waals surface area contributed by atoms with Crippen LogP contribution >= 0.6 is 15.9 Å². The Bertz CT molecular complexity index is 1150. The van der Waals surface area contributed by atoms with E-state index in [4.69, 9.17) is 4.74 Å². The van der Waals surface area contributed by atoms with E-state index in [0.717, 1.165) is 0 Å². The van der Waals surface area contributed by atoms with Crippen LogP contribution in [0.15, 0.2) is 77.3 Å². The molecule has 8 heteroatoms. The number of benzene rings is 3. The molecule has 7 nitrogen and oxygen atoms in total. The standard InChI is InChI=1S/C23H18BrN3O4/c24-18-9-5-4-8-17(18)23(30)26-16-10-11-20-19(12-16)27(22(29)14-31-20)13-21(28)25-15-6-2-1-3-7-15/h1-12H,13-14H2,(H,25,28)(H,26,30). The van der Waals surface area contributed by atoms with Crippen molar-refractivity contribution in [2.24, 2.45) is 0 Å². The summed E-state index contributed by atoms with van der Waals surface area (Å²) in [5.41, 5.74) is 2.02. The largest absolute Gasteiger partial charge is 0.482 e. The maximum absolute atomic E-state index is 12.6. The number of hydrogen-bond acceptors (Lipinski definition) is 4. The van der Waals surface area contributed by atoms with Crippen LogP contribution in [0.4, 0.5) is 17.1 Å². The molecule has 1 aliphatic heterocycles. The number of nitrogens with one attached hydrogen (secondary N) is 2. The Hall–Kier alpha value is -3.65. The second-order valence-corrected chi connectivity index (χ2v) is 7.65. The lowest BCUT2D eigenvalue weighted by Gasteiger charge is -2.29. The van der Waals surface area contributed by atoms with Crippen LogP contribution in [0.5, 0.6) is 5.75 Å². The monoisotopic (exact) mass is 479 g/mol. The third kappa shape index (κ3) is 4.75. The fourth-order valence-corrected chi connectivity index (χ4v) is 3.63. The SMILES string of the molecule is O=C(CN1C(=O)COc2ccc(NC(=O)c3ccccc3Br)cc21)Nc1ccccc1. The van der Waals surface area contributed by atoms with Gasteiger partial charge in [0.15, 0.2) is 6.61 Å². The summed E-state index contributed by atoms with van der Waals surface area (Å²) in [5, 5.41) is 5.58. The van der Waals surface area contributed by atoms with Crippen LogP contribution < -0.4 is 20.3 Å². The molecular formula is C23H18BrN3O4. The zero-order valence-electron chi connectivity index (χ0n) is 16.3. The number of para-hydroxylation sites is 1. The predicted octanol–water partition coefficient (Wildman–Crippen LogP) is 4.07. The summed E-state index contributed by atoms with van der Waals surface area (Å²) in [6, 6.07) is 21.0. The van der Waals surface area contributed by atoms with Gasteiger partial charge in [0, 0.05) is 15.8 Å². The fourth-order valence-electron chi connectivity index (χ4n) is 3.16. The second-order valence-electron chi connectivity index (χ2n) is 6.80. The van der Waals surface area contributed by atoms with E-state index in [-0.39, 0.29) is 30.9 Å². The lowest BCUT2D eigenvalue weighted by molar-refractivity contribution is -0.123. The number of anilines is 3. The van der Waals surface area contributed by atoms with Crippen molar-refractivity contribution in [1.82, 2.24) is 0 Å². The molecular weight excluding hydrogens is 462 g/mol. The summed E-state index contributed by atoms with van der Waals surface area (Å²) in [6.07, 6.45) is 0. The van der Waals surface area contributed by atoms with Gasteiger partial charge in [0.25, 0.3) is 11.8 Å². The maximum Gasteiger partial charge on any atom is 0.265 e. The van der Waals surface area contributed by atoms with E-state index in [2.05, 4.69) is 26.6 Å². The summed E-state index contributed by atoms with van der Waals surface area (Å²) in [5.74, 6) is -0.519. The molecule has 31 heavy (non-hydrogen) atoms. The number of amides is 3. The molecule has 0 atom stereocenters. The van der Waals surface area contributed by atoms with Crippen molar-refractivity contribution in [3.05, 3.63) is 82.8 Å². The van der Waals surface area contributed by atoms with Crippen molar-refractivity contribution in [3.63, 3.8) is 0 Å². The Morgan fingerprint density at radius 2 is 1.68 bits per heavy atom. The minimum Gasteiger partial charge on any atom is -0.482 e. The predicted molar refractivity (Wildman–Crippen MR) is 121 cm³/mol. The number of fused-ring (bicyclic) bond motifs is 1. The van der Waals surface area contributed by atoms with Gasteiger partial charge in [0.1, 0.15) is 12.3 Å². The Balaban J connectivity index is 1.54. The molecule has 1 aliphatic rings. The Morgan fingerprint density at radius 1 is 0.935 bits per heavy atom. The highest BCUT2D eigenvalue weighted by Crippen LogP contribution is 2.34. The van der Waals surface area contributed by atoms with E-state index < -0.39 is 0 Å². The number of nitrogens with zero attached hydrogens (tertiary/aromatic N) is 1. The molecule has 0 fully saturated rings. The van der Waals surface area contributed by atoms with Gasteiger partial charge >= 0.3 is 0 Å². The van der Waals surface area contributed by atoms with Gasteiger partial charge in [-0.25, -0.2) is 0 Å². The minimum absolute atomic E-state index is 0.158. The van der Waals surface area contributed by atoms with Gasteiger partial charge in [-0.05, 0) is 58.4 Å². The molecule has 0 aromatic heterocycles. The molecule has 0 aliphatic carbocycles.